The van der Waals surface area contributed by atoms with Crippen molar-refractivity contribution in [3.05, 3.63) is 35.0 Å². The molecule has 0 amide bonds. The first kappa shape index (κ1) is 19.3. The lowest BCUT2D eigenvalue weighted by atomic mass is 9.98. The van der Waals surface area contributed by atoms with Crippen molar-refractivity contribution in [3.8, 4) is 5.75 Å². The van der Waals surface area contributed by atoms with Crippen molar-refractivity contribution in [2.75, 3.05) is 20.3 Å². The molecule has 2 atom stereocenters. The summed E-state index contributed by atoms with van der Waals surface area (Å²) in [6, 6.07) is 8.07. The van der Waals surface area contributed by atoms with Crippen molar-refractivity contribution in [1.29, 1.82) is 0 Å². The van der Waals surface area contributed by atoms with Gasteiger partial charge in [0.15, 0.2) is 0 Å². The van der Waals surface area contributed by atoms with E-state index in [0.29, 0.717) is 10.9 Å². The first-order chi connectivity index (χ1) is 11.8. The second-order valence-electron chi connectivity index (χ2n) is 7.36. The first-order valence-corrected chi connectivity index (χ1v) is 8.71. The van der Waals surface area contributed by atoms with Gasteiger partial charge in [-0.05, 0) is 63.6 Å². The molecule has 1 aromatic carbocycles. The van der Waals surface area contributed by atoms with Crippen molar-refractivity contribution in [1.82, 2.24) is 5.01 Å². The van der Waals surface area contributed by atoms with Crippen molar-refractivity contribution in [2.45, 2.75) is 57.6 Å². The van der Waals surface area contributed by atoms with E-state index in [9.17, 15) is 5.21 Å². The molecule has 140 valence electrons. The zero-order chi connectivity index (χ0) is 18.4. The van der Waals surface area contributed by atoms with Gasteiger partial charge in [0.05, 0.1) is 24.2 Å². The minimum atomic E-state index is -0.446. The monoisotopic (exact) mass is 351 g/mol. The highest BCUT2D eigenvalue weighted by Crippen LogP contribution is 2.36. The predicted octanol–water partition coefficient (Wildman–Crippen LogP) is 3.23. The molecule has 25 heavy (non-hydrogen) atoms. The number of rotatable bonds is 7. The van der Waals surface area contributed by atoms with Gasteiger partial charge in [-0.3, -0.25) is 0 Å². The summed E-state index contributed by atoms with van der Waals surface area (Å²) in [6.07, 6.45) is 2.63. The molecule has 0 aliphatic heterocycles. The average Bonchev–Trinajstić information content (AvgIpc) is 3.05. The van der Waals surface area contributed by atoms with Gasteiger partial charge in [-0.25, -0.2) is 0 Å². The largest absolute Gasteiger partial charge is 0.569 e. The lowest BCUT2D eigenvalue weighted by molar-refractivity contribution is -0.726. The molecule has 1 aromatic rings. The molecule has 0 heterocycles. The van der Waals surface area contributed by atoms with Crippen LogP contribution < -0.4 is 4.74 Å². The number of benzene rings is 1. The van der Waals surface area contributed by atoms with Gasteiger partial charge < -0.3 is 19.9 Å². The molecular formula is C18H29N3O4. The van der Waals surface area contributed by atoms with E-state index in [2.05, 4.69) is 17.4 Å². The van der Waals surface area contributed by atoms with Gasteiger partial charge in [0.1, 0.15) is 18.4 Å². The van der Waals surface area contributed by atoms with Crippen molar-refractivity contribution in [3.63, 3.8) is 0 Å². The third-order valence-electron chi connectivity index (χ3n) is 4.53. The molecule has 7 nitrogen and oxygen atoms in total. The summed E-state index contributed by atoms with van der Waals surface area (Å²) in [7, 11) is 1.66. The Balaban J connectivity index is 1.93. The Morgan fingerprint density at radius 3 is 2.52 bits per heavy atom. The molecule has 1 N–H and O–H groups in total. The number of nitrogens with zero attached hydrogens (tertiary/aromatic N) is 3. The van der Waals surface area contributed by atoms with E-state index >= 15 is 0 Å². The fraction of sp³-hybridized carbons (Fsp3) is 0.667. The molecule has 0 aromatic heterocycles. The molecule has 0 saturated heterocycles. The Bertz CT molecular complexity index is 569. The van der Waals surface area contributed by atoms with E-state index in [4.69, 9.17) is 14.7 Å². The van der Waals surface area contributed by atoms with Crippen LogP contribution in [0.4, 0.5) is 0 Å². The normalized spacial score (nSPS) is 21.2. The van der Waals surface area contributed by atoms with Gasteiger partial charge >= 0.3 is 0 Å². The Labute approximate surface area is 149 Å². The molecular weight excluding hydrogens is 322 g/mol. The summed E-state index contributed by atoms with van der Waals surface area (Å²) in [4.78, 5) is 5.93. The number of hydrazine groups is 1. The molecule has 7 heteroatoms. The van der Waals surface area contributed by atoms with Gasteiger partial charge in [-0.1, -0.05) is 12.1 Å². The number of aliphatic hydroxyl groups is 1. The summed E-state index contributed by atoms with van der Waals surface area (Å²) in [6.45, 7) is 5.75. The standard InChI is InChI=1S/C18H29N3O4/c1-18(2,3)20(11-12-22)21(23)19-25-17-10-7-15(13-17)14-5-8-16(24-4)9-6-14/h5-6,8-9,15,17,22H,7,10-13H2,1-4H3/b21-19-/t15-,17-/m1/s1. The predicted molar refractivity (Wildman–Crippen MR) is 94.1 cm³/mol. The quantitative estimate of drug-likeness (QED) is 0.463. The Hall–Kier alpha value is -2.02. The number of aliphatic hydroxyl groups excluding tert-OH is 1. The Kier molecular flexibility index (Phi) is 6.47. The van der Waals surface area contributed by atoms with Crippen LogP contribution >= 0.6 is 0 Å². The number of hydrogen-bond acceptors (Lipinski definition) is 5. The van der Waals surface area contributed by atoms with Gasteiger partial charge in [-0.15, -0.1) is 5.01 Å². The van der Waals surface area contributed by atoms with Crippen LogP contribution in [0.5, 0.6) is 5.75 Å². The topological polar surface area (TPSA) is 80.4 Å². The maximum Gasteiger partial charge on any atom is 0.233 e. The van der Waals surface area contributed by atoms with Gasteiger partial charge in [0.25, 0.3) is 0 Å². The van der Waals surface area contributed by atoms with Crippen molar-refractivity contribution in [2.24, 2.45) is 5.28 Å². The number of methoxy groups -OCH3 is 1. The SMILES string of the molecule is COc1ccc([C@@H]2CC[C@@H](O/N=[N+](\[O-])N(CCO)C(C)(C)C)C2)cc1. The van der Waals surface area contributed by atoms with Crippen LogP contribution in [0.2, 0.25) is 0 Å². The van der Waals surface area contributed by atoms with Crippen LogP contribution in [-0.2, 0) is 4.84 Å². The molecule has 1 fully saturated rings. The number of ether oxygens (including phenoxy) is 1. The highest BCUT2D eigenvalue weighted by molar-refractivity contribution is 5.29. The van der Waals surface area contributed by atoms with Crippen molar-refractivity contribution < 1.29 is 19.7 Å². The molecule has 1 saturated carbocycles. The van der Waals surface area contributed by atoms with Gasteiger partial charge in [-0.2, -0.15) is 0 Å². The van der Waals surface area contributed by atoms with E-state index in [1.165, 1.54) is 10.6 Å². The lowest BCUT2D eigenvalue weighted by Gasteiger charge is -2.29. The summed E-state index contributed by atoms with van der Waals surface area (Å²) in [5.41, 5.74) is 0.807. The zero-order valence-electron chi connectivity index (χ0n) is 15.5. The molecule has 0 bridgehead atoms. The van der Waals surface area contributed by atoms with Crippen LogP contribution in [0.1, 0.15) is 51.5 Å². The third kappa shape index (κ3) is 5.22. The highest BCUT2D eigenvalue weighted by Gasteiger charge is 2.31. The fourth-order valence-corrected chi connectivity index (χ4v) is 3.14. The zero-order valence-corrected chi connectivity index (χ0v) is 15.5. The maximum absolute atomic E-state index is 12.2. The molecule has 0 radical (unpaired) electrons. The highest BCUT2D eigenvalue weighted by atomic mass is 16.7. The Morgan fingerprint density at radius 2 is 1.96 bits per heavy atom. The van der Waals surface area contributed by atoms with Crippen LogP contribution in [0.25, 0.3) is 0 Å². The van der Waals surface area contributed by atoms with E-state index in [0.717, 1.165) is 25.0 Å². The van der Waals surface area contributed by atoms with Gasteiger partial charge in [0.2, 0.25) is 5.28 Å². The number of β-amino-alcohol motifs (C(OH)–C–C–N with tert-alkyl or cyclic N) is 1. The Morgan fingerprint density at radius 1 is 1.28 bits per heavy atom. The molecule has 2 rings (SSSR count). The van der Waals surface area contributed by atoms with E-state index in [1.807, 2.05) is 32.9 Å². The lowest BCUT2D eigenvalue weighted by Crippen LogP contribution is -2.47. The average molecular weight is 351 g/mol. The second-order valence-corrected chi connectivity index (χ2v) is 7.36. The van der Waals surface area contributed by atoms with E-state index in [1.54, 1.807) is 7.11 Å². The summed E-state index contributed by atoms with van der Waals surface area (Å²) in [5, 5.41) is 26.5. The van der Waals surface area contributed by atoms with E-state index < -0.39 is 5.54 Å². The number of hydrogen-bond donors (Lipinski definition) is 1. The van der Waals surface area contributed by atoms with Gasteiger partial charge in [0, 0.05) is 0 Å². The third-order valence-corrected chi connectivity index (χ3v) is 4.53. The molecule has 0 spiro atoms. The minimum absolute atomic E-state index is 0.0699. The van der Waals surface area contributed by atoms with E-state index in [-0.39, 0.29) is 19.3 Å². The minimum Gasteiger partial charge on any atom is -0.569 e. The maximum atomic E-state index is 12.2. The second kappa shape index (κ2) is 8.38. The van der Waals surface area contributed by atoms with Crippen LogP contribution in [0.15, 0.2) is 29.5 Å². The van der Waals surface area contributed by atoms with Crippen LogP contribution in [-0.4, -0.2) is 47.0 Å². The summed E-state index contributed by atoms with van der Waals surface area (Å²) in [5.74, 6) is 1.25. The molecule has 1 aliphatic rings. The molecule has 0 unspecified atom stereocenters. The summed E-state index contributed by atoms with van der Waals surface area (Å²) >= 11 is 0. The van der Waals surface area contributed by atoms with Crippen LogP contribution in [0, 0.1) is 5.21 Å². The molecule has 1 aliphatic carbocycles. The smallest absolute Gasteiger partial charge is 0.233 e. The first-order valence-electron chi connectivity index (χ1n) is 8.71. The van der Waals surface area contributed by atoms with Crippen LogP contribution in [0.3, 0.4) is 0 Å². The fourth-order valence-electron chi connectivity index (χ4n) is 3.14. The summed E-state index contributed by atoms with van der Waals surface area (Å²) < 4.78 is 5.19. The van der Waals surface area contributed by atoms with Crippen molar-refractivity contribution >= 4 is 0 Å².